The highest BCUT2D eigenvalue weighted by atomic mass is 19.1. The lowest BCUT2D eigenvalue weighted by atomic mass is 10.1. The summed E-state index contributed by atoms with van der Waals surface area (Å²) in [5, 5.41) is 4.27. The molecule has 1 N–H and O–H groups in total. The van der Waals surface area contributed by atoms with Gasteiger partial charge in [0.25, 0.3) is 0 Å². The molecule has 5 heteroatoms. The van der Waals surface area contributed by atoms with Crippen LogP contribution in [0.1, 0.15) is 11.3 Å². The number of aromatic nitrogens is 1. The van der Waals surface area contributed by atoms with Crippen molar-refractivity contribution in [2.24, 2.45) is 5.10 Å². The van der Waals surface area contributed by atoms with Crippen molar-refractivity contribution in [3.63, 3.8) is 0 Å². The molecule has 0 saturated heterocycles. The first-order valence-electron chi connectivity index (χ1n) is 6.99. The second-order valence-electron chi connectivity index (χ2n) is 4.78. The third-order valence-corrected chi connectivity index (χ3v) is 3.17. The molecule has 23 heavy (non-hydrogen) atoms. The fourth-order valence-electron chi connectivity index (χ4n) is 2.06. The Labute approximate surface area is 132 Å². The minimum Gasteiger partial charge on any atom is -0.275 e. The SMILES string of the molecule is Fc1ccc(N/N=C(/c2ccccc2)c2ccccn2)c(F)c1. The van der Waals surface area contributed by atoms with Crippen LogP contribution in [-0.2, 0) is 0 Å². The summed E-state index contributed by atoms with van der Waals surface area (Å²) in [4.78, 5) is 4.28. The maximum Gasteiger partial charge on any atom is 0.151 e. The minimum atomic E-state index is -0.706. The molecule has 3 rings (SSSR count). The van der Waals surface area contributed by atoms with E-state index in [4.69, 9.17) is 0 Å². The second-order valence-corrected chi connectivity index (χ2v) is 4.78. The summed E-state index contributed by atoms with van der Waals surface area (Å²) in [6.45, 7) is 0. The Morgan fingerprint density at radius 3 is 2.39 bits per heavy atom. The van der Waals surface area contributed by atoms with E-state index >= 15 is 0 Å². The van der Waals surface area contributed by atoms with E-state index in [9.17, 15) is 8.78 Å². The molecule has 1 heterocycles. The van der Waals surface area contributed by atoms with Crippen molar-refractivity contribution in [2.75, 3.05) is 5.43 Å². The predicted octanol–water partition coefficient (Wildman–Crippen LogP) is 4.22. The van der Waals surface area contributed by atoms with E-state index in [-0.39, 0.29) is 5.69 Å². The molecule has 2 aromatic carbocycles. The zero-order chi connectivity index (χ0) is 16.1. The van der Waals surface area contributed by atoms with Gasteiger partial charge in [-0.2, -0.15) is 5.10 Å². The molecule has 0 unspecified atom stereocenters. The Hall–Kier alpha value is -3.08. The molecule has 0 atom stereocenters. The Morgan fingerprint density at radius 1 is 0.913 bits per heavy atom. The number of hydrazone groups is 1. The Balaban J connectivity index is 1.98. The van der Waals surface area contributed by atoms with Gasteiger partial charge in [-0.1, -0.05) is 36.4 Å². The van der Waals surface area contributed by atoms with Crippen molar-refractivity contribution >= 4 is 11.4 Å². The molecule has 0 amide bonds. The number of nitrogens with zero attached hydrogens (tertiary/aromatic N) is 2. The monoisotopic (exact) mass is 309 g/mol. The highest BCUT2D eigenvalue weighted by Gasteiger charge is 2.09. The van der Waals surface area contributed by atoms with Crippen molar-refractivity contribution < 1.29 is 8.78 Å². The highest BCUT2D eigenvalue weighted by molar-refractivity contribution is 6.11. The van der Waals surface area contributed by atoms with Crippen molar-refractivity contribution in [1.82, 2.24) is 4.98 Å². The van der Waals surface area contributed by atoms with Gasteiger partial charge in [0.05, 0.1) is 11.4 Å². The van der Waals surface area contributed by atoms with E-state index in [1.165, 1.54) is 12.1 Å². The molecule has 0 radical (unpaired) electrons. The van der Waals surface area contributed by atoms with Crippen LogP contribution in [0.5, 0.6) is 0 Å². The van der Waals surface area contributed by atoms with Crippen LogP contribution in [0.3, 0.4) is 0 Å². The first-order chi connectivity index (χ1) is 11.2. The van der Waals surface area contributed by atoms with Gasteiger partial charge in [0.15, 0.2) is 5.82 Å². The minimum absolute atomic E-state index is 0.0933. The van der Waals surface area contributed by atoms with E-state index in [0.717, 1.165) is 11.6 Å². The van der Waals surface area contributed by atoms with Gasteiger partial charge in [-0.25, -0.2) is 8.78 Å². The molecular formula is C18H13F2N3. The molecule has 3 nitrogen and oxygen atoms in total. The van der Waals surface area contributed by atoms with Crippen LogP contribution in [0, 0.1) is 11.6 Å². The summed E-state index contributed by atoms with van der Waals surface area (Å²) >= 11 is 0. The zero-order valence-corrected chi connectivity index (χ0v) is 12.1. The summed E-state index contributed by atoms with van der Waals surface area (Å²) in [6, 6.07) is 18.2. The molecule has 0 aliphatic heterocycles. The molecule has 0 bridgehead atoms. The van der Waals surface area contributed by atoms with Gasteiger partial charge in [-0.3, -0.25) is 10.4 Å². The van der Waals surface area contributed by atoms with Crippen LogP contribution in [0.2, 0.25) is 0 Å². The first kappa shape index (κ1) is 14.8. The van der Waals surface area contributed by atoms with Crippen LogP contribution in [0.15, 0.2) is 78.0 Å². The first-order valence-corrected chi connectivity index (χ1v) is 6.99. The number of benzene rings is 2. The predicted molar refractivity (Wildman–Crippen MR) is 86.3 cm³/mol. The van der Waals surface area contributed by atoms with Crippen LogP contribution in [0.25, 0.3) is 0 Å². The van der Waals surface area contributed by atoms with Gasteiger partial charge in [-0.05, 0) is 24.3 Å². The van der Waals surface area contributed by atoms with Gasteiger partial charge >= 0.3 is 0 Å². The fraction of sp³-hybridized carbons (Fsp3) is 0. The van der Waals surface area contributed by atoms with E-state index < -0.39 is 11.6 Å². The van der Waals surface area contributed by atoms with Crippen LogP contribution >= 0.6 is 0 Å². The molecule has 3 aromatic rings. The van der Waals surface area contributed by atoms with E-state index in [1.54, 1.807) is 12.3 Å². The summed E-state index contributed by atoms with van der Waals surface area (Å²) in [5.74, 6) is -1.34. The Kier molecular flexibility index (Phi) is 4.38. The average molecular weight is 309 g/mol. The molecule has 0 aliphatic carbocycles. The van der Waals surface area contributed by atoms with E-state index in [2.05, 4.69) is 15.5 Å². The molecule has 0 spiro atoms. The molecular weight excluding hydrogens is 296 g/mol. The van der Waals surface area contributed by atoms with Crippen molar-refractivity contribution in [3.8, 4) is 0 Å². The van der Waals surface area contributed by atoms with Gasteiger partial charge < -0.3 is 0 Å². The molecule has 114 valence electrons. The topological polar surface area (TPSA) is 37.3 Å². The smallest absolute Gasteiger partial charge is 0.151 e. The van der Waals surface area contributed by atoms with Crippen LogP contribution in [-0.4, -0.2) is 10.7 Å². The van der Waals surface area contributed by atoms with Crippen molar-refractivity contribution in [3.05, 3.63) is 95.8 Å². The molecule has 0 saturated carbocycles. The van der Waals surface area contributed by atoms with E-state index in [0.29, 0.717) is 11.4 Å². The number of anilines is 1. The number of rotatable bonds is 4. The maximum absolute atomic E-state index is 13.7. The lowest BCUT2D eigenvalue weighted by Gasteiger charge is -2.08. The standard InChI is InChI=1S/C18H13F2N3/c19-14-9-10-16(15(20)12-14)22-23-18(13-6-2-1-3-7-13)17-8-4-5-11-21-17/h1-12,22H/b23-18-. The van der Waals surface area contributed by atoms with Gasteiger partial charge in [0, 0.05) is 17.8 Å². The molecule has 0 aliphatic rings. The number of hydrogen-bond donors (Lipinski definition) is 1. The lowest BCUT2D eigenvalue weighted by molar-refractivity contribution is 0.585. The van der Waals surface area contributed by atoms with Crippen molar-refractivity contribution in [1.29, 1.82) is 0 Å². The number of hydrogen-bond acceptors (Lipinski definition) is 3. The molecule has 0 fully saturated rings. The van der Waals surface area contributed by atoms with Gasteiger partial charge in [-0.15, -0.1) is 0 Å². The number of nitrogens with one attached hydrogen (secondary N) is 1. The van der Waals surface area contributed by atoms with Crippen LogP contribution in [0.4, 0.5) is 14.5 Å². The third kappa shape index (κ3) is 3.58. The third-order valence-electron chi connectivity index (χ3n) is 3.17. The van der Waals surface area contributed by atoms with E-state index in [1.807, 2.05) is 42.5 Å². The van der Waals surface area contributed by atoms with Gasteiger partial charge in [0.2, 0.25) is 0 Å². The van der Waals surface area contributed by atoms with Crippen LogP contribution < -0.4 is 5.43 Å². The fourth-order valence-corrected chi connectivity index (χ4v) is 2.06. The van der Waals surface area contributed by atoms with Gasteiger partial charge in [0.1, 0.15) is 11.5 Å². The summed E-state index contributed by atoms with van der Waals surface area (Å²) in [6.07, 6.45) is 1.66. The maximum atomic E-state index is 13.7. The summed E-state index contributed by atoms with van der Waals surface area (Å²) in [5.41, 5.74) is 4.78. The lowest BCUT2D eigenvalue weighted by Crippen LogP contribution is -2.08. The molecule has 1 aromatic heterocycles. The normalized spacial score (nSPS) is 11.3. The Bertz CT molecular complexity index is 777. The zero-order valence-electron chi connectivity index (χ0n) is 12.1. The Morgan fingerprint density at radius 2 is 1.70 bits per heavy atom. The highest BCUT2D eigenvalue weighted by Crippen LogP contribution is 2.16. The summed E-state index contributed by atoms with van der Waals surface area (Å²) < 4.78 is 26.7. The second kappa shape index (κ2) is 6.79. The number of pyridine rings is 1. The quantitative estimate of drug-likeness (QED) is 0.578. The van der Waals surface area contributed by atoms with Crippen molar-refractivity contribution in [2.45, 2.75) is 0 Å². The number of halogens is 2. The summed E-state index contributed by atoms with van der Waals surface area (Å²) in [7, 11) is 0. The largest absolute Gasteiger partial charge is 0.275 e. The average Bonchev–Trinajstić information content (AvgIpc) is 2.59.